The second kappa shape index (κ2) is 8.08. The van der Waals surface area contributed by atoms with Crippen molar-refractivity contribution in [2.45, 2.75) is 13.1 Å². The number of imidazole rings is 2. The number of hydrogen-bond acceptors (Lipinski definition) is 2. The van der Waals surface area contributed by atoms with Gasteiger partial charge in [-0.05, 0) is 0 Å². The van der Waals surface area contributed by atoms with E-state index in [1.165, 1.54) is 10.9 Å². The maximum absolute atomic E-state index is 3.96. The van der Waals surface area contributed by atoms with E-state index in [0.717, 1.165) is 13.1 Å². The molecule has 0 saturated carbocycles. The van der Waals surface area contributed by atoms with E-state index < -0.39 is 0 Å². The molecule has 2 heterocycles. The summed E-state index contributed by atoms with van der Waals surface area (Å²) in [5.41, 5.74) is 0. The molecule has 4 nitrogen and oxygen atoms in total. The SMILES string of the molecule is [Br][Ni][Br].c1cn(CCn2ccnc2)cn1. The second-order valence-corrected chi connectivity index (χ2v) is 7.63. The summed E-state index contributed by atoms with van der Waals surface area (Å²) < 4.78 is 4.08. The van der Waals surface area contributed by atoms with Crippen molar-refractivity contribution in [3.8, 4) is 0 Å². The standard InChI is InChI=1S/C8H10N4.2BrH.Ni/c1-3-11(7-9-1)5-6-12-4-2-10-8-12;;;/h1-4,7-8H,5-6H2;2*1H;/q;;;+2/p-2. The van der Waals surface area contributed by atoms with Crippen LogP contribution in [0.5, 0.6) is 0 Å². The minimum absolute atomic E-state index is 0.941. The van der Waals surface area contributed by atoms with Gasteiger partial charge in [-0.3, -0.25) is 0 Å². The van der Waals surface area contributed by atoms with Crippen LogP contribution in [0.25, 0.3) is 0 Å². The van der Waals surface area contributed by atoms with E-state index in [9.17, 15) is 0 Å². The minimum atomic E-state index is 0.941. The Balaban J connectivity index is 0.000000337. The van der Waals surface area contributed by atoms with Crippen LogP contribution in [0.2, 0.25) is 0 Å². The summed E-state index contributed by atoms with van der Waals surface area (Å²) in [6, 6.07) is 0. The third-order valence-electron chi connectivity index (χ3n) is 1.73. The molecule has 0 radical (unpaired) electrons. The van der Waals surface area contributed by atoms with Crippen molar-refractivity contribution in [3.63, 3.8) is 0 Å². The molecule has 0 bridgehead atoms. The van der Waals surface area contributed by atoms with Gasteiger partial charge in [-0.15, -0.1) is 0 Å². The second-order valence-electron chi connectivity index (χ2n) is 2.65. The number of aromatic nitrogens is 4. The first-order valence-electron chi connectivity index (χ1n) is 4.10. The number of nitrogens with zero attached hydrogens (tertiary/aromatic N) is 4. The van der Waals surface area contributed by atoms with Gasteiger partial charge < -0.3 is 9.13 Å². The Labute approximate surface area is 108 Å². The van der Waals surface area contributed by atoms with Gasteiger partial charge in [0, 0.05) is 37.9 Å². The van der Waals surface area contributed by atoms with Crippen molar-refractivity contribution >= 4 is 28.5 Å². The Morgan fingerprint density at radius 1 is 0.933 bits per heavy atom. The van der Waals surface area contributed by atoms with Gasteiger partial charge in [-0.25, -0.2) is 9.97 Å². The average molecular weight is 381 g/mol. The zero-order valence-electron chi connectivity index (χ0n) is 7.74. The molecule has 0 fully saturated rings. The van der Waals surface area contributed by atoms with Crippen LogP contribution < -0.4 is 0 Å². The number of aryl methyl sites for hydroxylation is 2. The predicted molar refractivity (Wildman–Crippen MR) is 62.3 cm³/mol. The Morgan fingerprint density at radius 3 is 1.60 bits per heavy atom. The molecule has 0 aliphatic heterocycles. The maximum Gasteiger partial charge on any atom is 0.0946 e. The van der Waals surface area contributed by atoms with Crippen LogP contribution >= 0.6 is 28.5 Å². The van der Waals surface area contributed by atoms with Crippen molar-refractivity contribution in [2.75, 3.05) is 0 Å². The third-order valence-corrected chi connectivity index (χ3v) is 1.73. The molecule has 0 amide bonds. The first kappa shape index (κ1) is 12.9. The normalized spacial score (nSPS) is 9.73. The Hall–Kier alpha value is -0.126. The average Bonchev–Trinajstić information content (AvgIpc) is 2.90. The molecule has 0 aromatic carbocycles. The molecule has 0 spiro atoms. The van der Waals surface area contributed by atoms with E-state index in [-0.39, 0.29) is 0 Å². The number of hydrogen-bond donors (Lipinski definition) is 0. The van der Waals surface area contributed by atoms with Crippen molar-refractivity contribution in [2.24, 2.45) is 0 Å². The van der Waals surface area contributed by atoms with Crippen LogP contribution in [0.4, 0.5) is 0 Å². The van der Waals surface area contributed by atoms with Gasteiger partial charge in [-0.2, -0.15) is 0 Å². The van der Waals surface area contributed by atoms with Crippen LogP contribution in [0, 0.1) is 0 Å². The fourth-order valence-electron chi connectivity index (χ4n) is 1.07. The molecule has 0 N–H and O–H groups in total. The predicted octanol–water partition coefficient (Wildman–Crippen LogP) is 2.47. The summed E-state index contributed by atoms with van der Waals surface area (Å²) >= 11 is 6.00. The number of rotatable bonds is 3. The van der Waals surface area contributed by atoms with E-state index >= 15 is 0 Å². The molecule has 15 heavy (non-hydrogen) atoms. The molecule has 0 aliphatic carbocycles. The van der Waals surface area contributed by atoms with Crippen LogP contribution in [0.3, 0.4) is 0 Å². The molecule has 2 aromatic rings. The molecule has 7 heteroatoms. The third kappa shape index (κ3) is 5.49. The van der Waals surface area contributed by atoms with Crippen LogP contribution in [0.1, 0.15) is 0 Å². The van der Waals surface area contributed by atoms with Crippen molar-refractivity contribution in [1.29, 1.82) is 0 Å². The van der Waals surface area contributed by atoms with Gasteiger partial charge in [0.2, 0.25) is 0 Å². The summed E-state index contributed by atoms with van der Waals surface area (Å²) in [6.45, 7) is 1.88. The van der Waals surface area contributed by atoms with E-state index in [1.807, 2.05) is 34.2 Å². The molecule has 2 aromatic heterocycles. The minimum Gasteiger partial charge on any atom is -0.336 e. The van der Waals surface area contributed by atoms with Gasteiger partial charge in [-0.1, -0.05) is 0 Å². The van der Waals surface area contributed by atoms with E-state index in [0.29, 0.717) is 0 Å². The molecule has 0 atom stereocenters. The zero-order valence-corrected chi connectivity index (χ0v) is 11.9. The molecular formula is C8H10Br2N4Ni. The largest absolute Gasteiger partial charge is 0.336 e. The van der Waals surface area contributed by atoms with Crippen molar-refractivity contribution < 1.29 is 10.9 Å². The monoisotopic (exact) mass is 378 g/mol. The quantitative estimate of drug-likeness (QED) is 0.767. The topological polar surface area (TPSA) is 35.6 Å². The van der Waals surface area contributed by atoms with Crippen molar-refractivity contribution in [3.05, 3.63) is 37.4 Å². The summed E-state index contributed by atoms with van der Waals surface area (Å²) in [4.78, 5) is 7.92. The summed E-state index contributed by atoms with van der Waals surface area (Å²) in [5.74, 6) is 0. The maximum atomic E-state index is 3.96. The Bertz CT molecular complexity index is 301. The first-order valence-corrected chi connectivity index (χ1v) is 8.99. The molecule has 86 valence electrons. The fraction of sp³-hybridized carbons (Fsp3) is 0.250. The summed E-state index contributed by atoms with van der Waals surface area (Å²) in [7, 11) is 1.25. The smallest absolute Gasteiger partial charge is 0.0946 e. The molecule has 0 saturated heterocycles. The van der Waals surface area contributed by atoms with Gasteiger partial charge in [0.05, 0.1) is 12.7 Å². The van der Waals surface area contributed by atoms with E-state index in [4.69, 9.17) is 0 Å². The van der Waals surface area contributed by atoms with E-state index in [2.05, 4.69) is 38.4 Å². The van der Waals surface area contributed by atoms with Crippen LogP contribution in [-0.4, -0.2) is 19.1 Å². The van der Waals surface area contributed by atoms with Crippen LogP contribution in [-0.2, 0) is 24.0 Å². The zero-order chi connectivity index (χ0) is 10.9. The van der Waals surface area contributed by atoms with Gasteiger partial charge in [0.25, 0.3) is 0 Å². The van der Waals surface area contributed by atoms with Crippen LogP contribution in [0.15, 0.2) is 37.4 Å². The molecule has 2 rings (SSSR count). The Morgan fingerprint density at radius 2 is 1.33 bits per heavy atom. The van der Waals surface area contributed by atoms with Crippen molar-refractivity contribution in [1.82, 2.24) is 19.1 Å². The summed E-state index contributed by atoms with van der Waals surface area (Å²) in [5, 5.41) is 0. The van der Waals surface area contributed by atoms with Gasteiger partial charge in [0.1, 0.15) is 0 Å². The number of halogens is 2. The molecule has 0 aliphatic rings. The fourth-order valence-corrected chi connectivity index (χ4v) is 1.07. The summed E-state index contributed by atoms with van der Waals surface area (Å²) in [6.07, 6.45) is 11.1. The molecule has 0 unspecified atom stereocenters. The van der Waals surface area contributed by atoms with Gasteiger partial charge >= 0.3 is 39.3 Å². The Kier molecular flexibility index (Phi) is 6.97. The van der Waals surface area contributed by atoms with Gasteiger partial charge in [0.15, 0.2) is 0 Å². The van der Waals surface area contributed by atoms with E-state index in [1.54, 1.807) is 12.4 Å². The molecular weight excluding hydrogens is 371 g/mol. The first-order chi connectivity index (χ1) is 7.36.